The molecule has 1 atom stereocenters. The lowest BCUT2D eigenvalue weighted by Gasteiger charge is -2.31. The van der Waals surface area contributed by atoms with Crippen molar-refractivity contribution >= 4 is 23.3 Å². The largest absolute Gasteiger partial charge is 0.377 e. The number of halogens is 1. The molecule has 2 aromatic rings. The summed E-state index contributed by atoms with van der Waals surface area (Å²) >= 11 is 0. The lowest BCUT2D eigenvalue weighted by Crippen LogP contribution is -2.50. The summed E-state index contributed by atoms with van der Waals surface area (Å²) in [6.07, 6.45) is 1.91. The molecule has 2 N–H and O–H groups in total. The Morgan fingerprint density at radius 3 is 2.53 bits per heavy atom. The van der Waals surface area contributed by atoms with Crippen LogP contribution < -0.4 is 15.5 Å². The molecular weight excluding hydrogens is 435 g/mol. The van der Waals surface area contributed by atoms with Gasteiger partial charge in [0.25, 0.3) is 5.91 Å². The number of carbonyl (C=O) groups is 2. The van der Waals surface area contributed by atoms with Crippen LogP contribution in [0, 0.1) is 5.82 Å². The van der Waals surface area contributed by atoms with Crippen molar-refractivity contribution in [2.24, 2.45) is 0 Å². The number of benzene rings is 2. The second-order valence-corrected chi connectivity index (χ2v) is 9.90. The SMILES string of the molecule is CN(C)c1ccc(NC(=O)c2cccc(F)c2)cc1CN(CC1CCCO1)C(=O)NC(C)(C)C. The molecule has 184 valence electrons. The van der Waals surface area contributed by atoms with Crippen LogP contribution in [-0.4, -0.2) is 55.7 Å². The lowest BCUT2D eigenvalue weighted by atomic mass is 10.1. The van der Waals surface area contributed by atoms with Gasteiger partial charge in [-0.1, -0.05) is 6.07 Å². The van der Waals surface area contributed by atoms with Crippen LogP contribution in [0.2, 0.25) is 0 Å². The van der Waals surface area contributed by atoms with Crippen molar-refractivity contribution in [1.82, 2.24) is 10.2 Å². The van der Waals surface area contributed by atoms with E-state index in [1.165, 1.54) is 18.2 Å². The summed E-state index contributed by atoms with van der Waals surface area (Å²) < 4.78 is 19.3. The van der Waals surface area contributed by atoms with Crippen molar-refractivity contribution in [2.45, 2.75) is 51.8 Å². The molecule has 1 saturated heterocycles. The van der Waals surface area contributed by atoms with Gasteiger partial charge in [-0.05, 0) is 75.6 Å². The minimum absolute atomic E-state index is 0.00406. The Bertz CT molecular complexity index is 1010. The summed E-state index contributed by atoms with van der Waals surface area (Å²) in [6, 6.07) is 11.0. The smallest absolute Gasteiger partial charge is 0.318 e. The van der Waals surface area contributed by atoms with Gasteiger partial charge in [-0.2, -0.15) is 0 Å². The van der Waals surface area contributed by atoms with Gasteiger partial charge in [0, 0.05) is 56.3 Å². The fraction of sp³-hybridized carbons (Fsp3) is 0.462. The molecule has 2 aromatic carbocycles. The summed E-state index contributed by atoms with van der Waals surface area (Å²) in [6.45, 7) is 7.38. The highest BCUT2D eigenvalue weighted by molar-refractivity contribution is 6.04. The zero-order valence-corrected chi connectivity index (χ0v) is 20.7. The molecule has 1 aliphatic rings. The number of amides is 3. The number of ether oxygens (including phenoxy) is 1. The Kier molecular flexibility index (Phi) is 8.15. The van der Waals surface area contributed by atoms with Gasteiger partial charge in [-0.3, -0.25) is 4.79 Å². The molecule has 1 heterocycles. The maximum atomic E-state index is 13.5. The number of hydrogen-bond acceptors (Lipinski definition) is 4. The monoisotopic (exact) mass is 470 g/mol. The van der Waals surface area contributed by atoms with E-state index in [2.05, 4.69) is 10.6 Å². The number of rotatable bonds is 7. The average Bonchev–Trinajstić information content (AvgIpc) is 3.25. The van der Waals surface area contributed by atoms with E-state index in [1.807, 2.05) is 51.9 Å². The molecular formula is C26H35FN4O3. The quantitative estimate of drug-likeness (QED) is 0.619. The zero-order valence-electron chi connectivity index (χ0n) is 20.7. The fourth-order valence-corrected chi connectivity index (χ4v) is 3.92. The number of urea groups is 1. The van der Waals surface area contributed by atoms with Crippen LogP contribution in [-0.2, 0) is 11.3 Å². The Labute approximate surface area is 201 Å². The standard InChI is InChI=1S/C26H35FN4O3/c1-26(2,3)29-25(33)31(17-22-10-7-13-34-22)16-19-15-21(11-12-23(19)30(4)5)28-24(32)18-8-6-9-20(27)14-18/h6,8-9,11-12,14-15,22H,7,10,13,16-17H2,1-5H3,(H,28,32)(H,29,33). The van der Waals surface area contributed by atoms with Gasteiger partial charge in [0.2, 0.25) is 0 Å². The first-order valence-electron chi connectivity index (χ1n) is 11.6. The van der Waals surface area contributed by atoms with Gasteiger partial charge >= 0.3 is 6.03 Å². The maximum absolute atomic E-state index is 13.5. The van der Waals surface area contributed by atoms with E-state index in [0.717, 1.165) is 24.1 Å². The second kappa shape index (κ2) is 10.9. The van der Waals surface area contributed by atoms with Crippen LogP contribution in [0.15, 0.2) is 42.5 Å². The molecule has 7 nitrogen and oxygen atoms in total. The zero-order chi connectivity index (χ0) is 24.9. The molecule has 0 spiro atoms. The number of nitrogens with zero attached hydrogens (tertiary/aromatic N) is 2. The topological polar surface area (TPSA) is 73.9 Å². The molecule has 1 fully saturated rings. The van der Waals surface area contributed by atoms with E-state index in [0.29, 0.717) is 25.4 Å². The predicted octanol–water partition coefficient (Wildman–Crippen LogP) is 4.63. The molecule has 0 aromatic heterocycles. The van der Waals surface area contributed by atoms with Crippen molar-refractivity contribution in [3.05, 3.63) is 59.4 Å². The third-order valence-electron chi connectivity index (χ3n) is 5.48. The van der Waals surface area contributed by atoms with Gasteiger partial charge < -0.3 is 25.2 Å². The summed E-state index contributed by atoms with van der Waals surface area (Å²) in [7, 11) is 3.87. The third kappa shape index (κ3) is 7.18. The first-order valence-corrected chi connectivity index (χ1v) is 11.6. The second-order valence-electron chi connectivity index (χ2n) is 9.90. The van der Waals surface area contributed by atoms with Crippen molar-refractivity contribution in [2.75, 3.05) is 37.5 Å². The van der Waals surface area contributed by atoms with Gasteiger partial charge in [0.15, 0.2) is 0 Å². The molecule has 3 amide bonds. The summed E-state index contributed by atoms with van der Waals surface area (Å²) in [4.78, 5) is 29.5. The minimum atomic E-state index is -0.467. The summed E-state index contributed by atoms with van der Waals surface area (Å²) in [5.41, 5.74) is 2.25. The van der Waals surface area contributed by atoms with Crippen LogP contribution in [0.25, 0.3) is 0 Å². The van der Waals surface area contributed by atoms with Gasteiger partial charge in [0.1, 0.15) is 5.82 Å². The molecule has 1 unspecified atom stereocenters. The third-order valence-corrected chi connectivity index (χ3v) is 5.48. The highest BCUT2D eigenvalue weighted by Gasteiger charge is 2.26. The van der Waals surface area contributed by atoms with Crippen molar-refractivity contribution < 1.29 is 18.7 Å². The Balaban J connectivity index is 1.86. The van der Waals surface area contributed by atoms with E-state index in [9.17, 15) is 14.0 Å². The molecule has 34 heavy (non-hydrogen) atoms. The van der Waals surface area contributed by atoms with E-state index in [1.54, 1.807) is 17.0 Å². The van der Waals surface area contributed by atoms with E-state index >= 15 is 0 Å². The minimum Gasteiger partial charge on any atom is -0.377 e. The van der Waals surface area contributed by atoms with Crippen LogP contribution in [0.4, 0.5) is 20.6 Å². The van der Waals surface area contributed by atoms with Crippen molar-refractivity contribution in [3.63, 3.8) is 0 Å². The molecule has 3 rings (SSSR count). The Morgan fingerprint density at radius 1 is 1.15 bits per heavy atom. The first kappa shape index (κ1) is 25.5. The van der Waals surface area contributed by atoms with Gasteiger partial charge in [-0.25, -0.2) is 9.18 Å². The Hall–Kier alpha value is -3.13. The summed E-state index contributed by atoms with van der Waals surface area (Å²) in [5.74, 6) is -0.865. The van der Waals surface area contributed by atoms with Gasteiger partial charge in [0.05, 0.1) is 6.10 Å². The number of anilines is 2. The molecule has 0 radical (unpaired) electrons. The molecule has 8 heteroatoms. The Morgan fingerprint density at radius 2 is 1.91 bits per heavy atom. The average molecular weight is 471 g/mol. The van der Waals surface area contributed by atoms with Gasteiger partial charge in [-0.15, -0.1) is 0 Å². The van der Waals surface area contributed by atoms with Crippen LogP contribution in [0.3, 0.4) is 0 Å². The molecule has 0 saturated carbocycles. The van der Waals surface area contributed by atoms with Crippen molar-refractivity contribution in [3.8, 4) is 0 Å². The fourth-order valence-electron chi connectivity index (χ4n) is 3.92. The van der Waals surface area contributed by atoms with E-state index < -0.39 is 11.7 Å². The van der Waals surface area contributed by atoms with Crippen LogP contribution >= 0.6 is 0 Å². The first-order chi connectivity index (χ1) is 16.0. The number of carbonyl (C=O) groups excluding carboxylic acids is 2. The van der Waals surface area contributed by atoms with E-state index in [-0.39, 0.29) is 23.2 Å². The normalized spacial score (nSPS) is 15.6. The summed E-state index contributed by atoms with van der Waals surface area (Å²) in [5, 5.41) is 5.89. The predicted molar refractivity (Wildman–Crippen MR) is 133 cm³/mol. The maximum Gasteiger partial charge on any atom is 0.318 e. The lowest BCUT2D eigenvalue weighted by molar-refractivity contribution is 0.0782. The van der Waals surface area contributed by atoms with E-state index in [4.69, 9.17) is 4.74 Å². The van der Waals surface area contributed by atoms with Crippen LogP contribution in [0.1, 0.15) is 49.5 Å². The highest BCUT2D eigenvalue weighted by atomic mass is 19.1. The molecule has 0 aliphatic carbocycles. The highest BCUT2D eigenvalue weighted by Crippen LogP contribution is 2.26. The molecule has 0 bridgehead atoms. The number of nitrogens with one attached hydrogen (secondary N) is 2. The van der Waals surface area contributed by atoms with Crippen LogP contribution in [0.5, 0.6) is 0 Å². The number of hydrogen-bond donors (Lipinski definition) is 2. The molecule has 1 aliphatic heterocycles. The van der Waals surface area contributed by atoms with Crippen molar-refractivity contribution in [1.29, 1.82) is 0 Å².